The predicted octanol–water partition coefficient (Wildman–Crippen LogP) is 12.8. The number of hydrogen-bond acceptors (Lipinski definition) is 4. The predicted molar refractivity (Wildman–Crippen MR) is 230 cm³/mol. The van der Waals surface area contributed by atoms with Gasteiger partial charge in [-0.05, 0) is 150 Å². The first-order valence-electron chi connectivity index (χ1n) is 20.5. The van der Waals surface area contributed by atoms with Gasteiger partial charge in [-0.15, -0.1) is 0 Å². The lowest BCUT2D eigenvalue weighted by Gasteiger charge is -2.63. The lowest BCUT2D eigenvalue weighted by molar-refractivity contribution is -0.0281. The van der Waals surface area contributed by atoms with Crippen molar-refractivity contribution in [2.45, 2.75) is 70.1 Å². The molecule has 4 fully saturated rings. The summed E-state index contributed by atoms with van der Waals surface area (Å²) in [6.45, 7) is 6.70. The molecule has 4 nitrogen and oxygen atoms in total. The van der Waals surface area contributed by atoms with Crippen LogP contribution in [0.1, 0.15) is 71.9 Å². The Morgan fingerprint density at radius 1 is 0.474 bits per heavy atom. The summed E-state index contributed by atoms with van der Waals surface area (Å²) in [5.74, 6) is 3.58. The van der Waals surface area contributed by atoms with Crippen molar-refractivity contribution in [3.8, 4) is 62.5 Å². The van der Waals surface area contributed by atoms with E-state index in [-0.39, 0.29) is 10.8 Å². The molecule has 4 bridgehead atoms. The molecule has 6 aromatic carbocycles. The molecule has 0 aliphatic heterocycles. The highest BCUT2D eigenvalue weighted by molar-refractivity contribution is 5.76. The van der Waals surface area contributed by atoms with Crippen LogP contribution in [0.3, 0.4) is 0 Å². The fraction of sp³-hybridized carbons (Fsp3) is 0.245. The number of nitriles is 1. The molecule has 0 radical (unpaired) electrons. The van der Waals surface area contributed by atoms with Crippen LogP contribution in [0.4, 0.5) is 0 Å². The Morgan fingerprint density at radius 2 is 0.965 bits per heavy atom. The quantitative estimate of drug-likeness (QED) is 0.163. The second-order valence-corrected chi connectivity index (χ2v) is 17.3. The van der Waals surface area contributed by atoms with E-state index in [0.29, 0.717) is 23.0 Å². The van der Waals surface area contributed by atoms with Gasteiger partial charge in [0.25, 0.3) is 0 Å². The summed E-state index contributed by atoms with van der Waals surface area (Å²) >= 11 is 0. The maximum Gasteiger partial charge on any atom is 0.164 e. The lowest BCUT2D eigenvalue weighted by Crippen LogP contribution is -2.56. The molecule has 0 N–H and O–H groups in total. The fourth-order valence-corrected chi connectivity index (χ4v) is 11.3. The van der Waals surface area contributed by atoms with Crippen molar-refractivity contribution < 1.29 is 0 Å². The van der Waals surface area contributed by atoms with E-state index in [0.717, 1.165) is 34.1 Å². The molecule has 0 saturated heterocycles. The van der Waals surface area contributed by atoms with Gasteiger partial charge in [0, 0.05) is 16.7 Å². The van der Waals surface area contributed by atoms with E-state index in [1.165, 1.54) is 83.0 Å². The van der Waals surface area contributed by atoms with Crippen LogP contribution in [-0.4, -0.2) is 15.0 Å². The zero-order chi connectivity index (χ0) is 38.7. The standard InChI is InChI=1S/C53H46N4/c1-34-14-17-43(27-48(34)51-56-49(41-10-6-4-7-11-41)55-50(57-51)42-12-8-5-9-13-42)47-23-21-45(25-36(47)3)53-30-38-26-39(31-53)29-52(28-38,33-53)44-20-22-46(35(2)24-44)40-18-15-37(32-54)16-19-40/h4-25,27,38-39H,26,28-31,33H2,1-3H3. The molecule has 57 heavy (non-hydrogen) atoms. The summed E-state index contributed by atoms with van der Waals surface area (Å²) in [7, 11) is 0. The smallest absolute Gasteiger partial charge is 0.164 e. The summed E-state index contributed by atoms with van der Waals surface area (Å²) in [6, 6.07) is 52.1. The van der Waals surface area contributed by atoms with Crippen LogP contribution in [0.15, 0.2) is 140 Å². The average Bonchev–Trinajstić information content (AvgIpc) is 3.24. The first-order chi connectivity index (χ1) is 27.8. The topological polar surface area (TPSA) is 62.5 Å². The highest BCUT2D eigenvalue weighted by atomic mass is 15.0. The Balaban J connectivity index is 0.983. The molecule has 4 aliphatic rings. The van der Waals surface area contributed by atoms with Crippen molar-refractivity contribution in [3.63, 3.8) is 0 Å². The minimum atomic E-state index is 0.206. The molecule has 0 amide bonds. The van der Waals surface area contributed by atoms with Crippen LogP contribution in [0, 0.1) is 43.9 Å². The van der Waals surface area contributed by atoms with Gasteiger partial charge in [-0.25, -0.2) is 15.0 Å². The molecule has 2 unspecified atom stereocenters. The summed E-state index contributed by atoms with van der Waals surface area (Å²) in [5.41, 5.74) is 15.8. The lowest BCUT2D eigenvalue weighted by atomic mass is 9.41. The van der Waals surface area contributed by atoms with Crippen molar-refractivity contribution in [3.05, 3.63) is 173 Å². The maximum atomic E-state index is 9.30. The molecule has 4 aliphatic carbocycles. The summed E-state index contributed by atoms with van der Waals surface area (Å²) < 4.78 is 0. The third-order valence-corrected chi connectivity index (χ3v) is 13.6. The Bertz CT molecular complexity index is 2620. The second-order valence-electron chi connectivity index (χ2n) is 17.3. The van der Waals surface area contributed by atoms with Crippen molar-refractivity contribution in [1.29, 1.82) is 5.26 Å². The zero-order valence-corrected chi connectivity index (χ0v) is 33.0. The molecule has 278 valence electrons. The van der Waals surface area contributed by atoms with Gasteiger partial charge < -0.3 is 0 Å². The van der Waals surface area contributed by atoms with Crippen molar-refractivity contribution in [1.82, 2.24) is 15.0 Å². The van der Waals surface area contributed by atoms with Gasteiger partial charge in [0.15, 0.2) is 17.5 Å². The summed E-state index contributed by atoms with van der Waals surface area (Å²) in [4.78, 5) is 15.1. The van der Waals surface area contributed by atoms with Gasteiger partial charge in [-0.3, -0.25) is 0 Å². The van der Waals surface area contributed by atoms with Crippen LogP contribution in [0.5, 0.6) is 0 Å². The second kappa shape index (κ2) is 13.8. The largest absolute Gasteiger partial charge is 0.208 e. The van der Waals surface area contributed by atoms with Gasteiger partial charge in [0.05, 0.1) is 11.6 Å². The van der Waals surface area contributed by atoms with Gasteiger partial charge in [-0.1, -0.05) is 121 Å². The Labute approximate surface area is 336 Å². The molecule has 11 rings (SSSR count). The highest BCUT2D eigenvalue weighted by Gasteiger charge is 2.58. The minimum absolute atomic E-state index is 0.206. The first-order valence-corrected chi connectivity index (χ1v) is 20.5. The minimum Gasteiger partial charge on any atom is -0.208 e. The summed E-state index contributed by atoms with van der Waals surface area (Å²) in [6.07, 6.45) is 7.81. The third-order valence-electron chi connectivity index (χ3n) is 13.6. The third kappa shape index (κ3) is 6.27. The van der Waals surface area contributed by atoms with E-state index >= 15 is 0 Å². The molecular formula is C53H46N4. The number of aryl methyl sites for hydroxylation is 3. The van der Waals surface area contributed by atoms with E-state index in [4.69, 9.17) is 15.0 Å². The molecule has 0 spiro atoms. The zero-order valence-electron chi connectivity index (χ0n) is 33.0. The monoisotopic (exact) mass is 738 g/mol. The van der Waals surface area contributed by atoms with Crippen molar-refractivity contribution in [2.75, 3.05) is 0 Å². The van der Waals surface area contributed by atoms with Gasteiger partial charge >= 0.3 is 0 Å². The van der Waals surface area contributed by atoms with E-state index in [2.05, 4.69) is 118 Å². The molecule has 1 aromatic heterocycles. The maximum absolute atomic E-state index is 9.30. The number of aromatic nitrogens is 3. The van der Waals surface area contributed by atoms with Crippen LogP contribution >= 0.6 is 0 Å². The molecule has 1 heterocycles. The van der Waals surface area contributed by atoms with Crippen molar-refractivity contribution >= 4 is 0 Å². The van der Waals surface area contributed by atoms with Crippen molar-refractivity contribution in [2.24, 2.45) is 11.8 Å². The van der Waals surface area contributed by atoms with Crippen LogP contribution in [0.25, 0.3) is 56.4 Å². The fourth-order valence-electron chi connectivity index (χ4n) is 11.3. The number of benzene rings is 6. The average molecular weight is 739 g/mol. The summed E-state index contributed by atoms with van der Waals surface area (Å²) in [5, 5.41) is 9.30. The van der Waals surface area contributed by atoms with E-state index in [1.807, 2.05) is 48.5 Å². The first kappa shape index (κ1) is 35.2. The molecule has 4 saturated carbocycles. The molecular weight excluding hydrogens is 693 g/mol. The Kier molecular flexibility index (Phi) is 8.52. The van der Waals surface area contributed by atoms with Crippen LogP contribution in [-0.2, 0) is 10.8 Å². The van der Waals surface area contributed by atoms with E-state index in [9.17, 15) is 5.26 Å². The van der Waals surface area contributed by atoms with Crippen LogP contribution < -0.4 is 0 Å². The van der Waals surface area contributed by atoms with Gasteiger partial charge in [-0.2, -0.15) is 5.26 Å². The SMILES string of the molecule is Cc1cc(C23CC4CC(C2)CC(c2ccc(-c5ccc(C)c(-c6nc(-c7ccccc7)nc(-c7ccccc7)n6)c5)c(C)c2)(C4)C3)ccc1-c1ccc(C#N)cc1. The highest BCUT2D eigenvalue weighted by Crippen LogP contribution is 2.66. The van der Waals surface area contributed by atoms with Crippen LogP contribution in [0.2, 0.25) is 0 Å². The van der Waals surface area contributed by atoms with E-state index < -0.39 is 0 Å². The van der Waals surface area contributed by atoms with Gasteiger partial charge in [0.2, 0.25) is 0 Å². The molecule has 7 aromatic rings. The Hall–Kier alpha value is -6.18. The van der Waals surface area contributed by atoms with E-state index in [1.54, 1.807) is 0 Å². The molecule has 2 atom stereocenters. The number of hydrogen-bond donors (Lipinski definition) is 0. The Morgan fingerprint density at radius 3 is 1.47 bits per heavy atom. The number of nitrogens with zero attached hydrogens (tertiary/aromatic N) is 4. The van der Waals surface area contributed by atoms with Gasteiger partial charge in [0.1, 0.15) is 0 Å². The number of rotatable bonds is 7. The molecule has 4 heteroatoms. The normalized spacial score (nSPS) is 22.0.